The van der Waals surface area contributed by atoms with Crippen molar-refractivity contribution in [3.8, 4) is 0 Å². The van der Waals surface area contributed by atoms with Gasteiger partial charge >= 0.3 is 5.97 Å². The molecule has 1 aliphatic rings. The number of anilines is 1. The number of hydrogen-bond acceptors (Lipinski definition) is 3. The molecule has 1 heterocycles. The highest BCUT2D eigenvalue weighted by Crippen LogP contribution is 2.34. The number of carboxylic acid groups (broad SMARTS) is 1. The molecule has 1 fully saturated rings. The molecule has 80 valence electrons. The van der Waals surface area contributed by atoms with Crippen LogP contribution in [-0.2, 0) is 0 Å². The number of carbonyl (C=O) groups is 1. The Morgan fingerprint density at radius 2 is 2.33 bits per heavy atom. The summed E-state index contributed by atoms with van der Waals surface area (Å²) in [6.07, 6.45) is 3.71. The third-order valence-electron chi connectivity index (χ3n) is 2.53. The van der Waals surface area contributed by atoms with E-state index in [9.17, 15) is 4.79 Å². The summed E-state index contributed by atoms with van der Waals surface area (Å²) in [5.41, 5.74) is 0.106. The van der Waals surface area contributed by atoms with Gasteiger partial charge in [-0.1, -0.05) is 11.6 Å². The lowest BCUT2D eigenvalue weighted by Gasteiger charge is -2.18. The normalized spacial score (nSPS) is 15.1. The van der Waals surface area contributed by atoms with E-state index >= 15 is 0 Å². The Bertz CT molecular complexity index is 404. The fourth-order valence-electron chi connectivity index (χ4n) is 1.48. The molecule has 0 spiro atoms. The van der Waals surface area contributed by atoms with Crippen LogP contribution in [0.15, 0.2) is 12.3 Å². The highest BCUT2D eigenvalue weighted by Gasteiger charge is 2.29. The lowest BCUT2D eigenvalue weighted by Crippen LogP contribution is -2.21. The molecule has 0 amide bonds. The van der Waals surface area contributed by atoms with Crippen LogP contribution in [0.5, 0.6) is 0 Å². The number of rotatable bonds is 3. The molecule has 5 heteroatoms. The van der Waals surface area contributed by atoms with Crippen LogP contribution < -0.4 is 4.90 Å². The lowest BCUT2D eigenvalue weighted by atomic mass is 10.2. The lowest BCUT2D eigenvalue weighted by molar-refractivity contribution is 0.0697. The van der Waals surface area contributed by atoms with E-state index in [0.717, 1.165) is 12.8 Å². The molecule has 1 N–H and O–H groups in total. The van der Waals surface area contributed by atoms with E-state index in [-0.39, 0.29) is 10.6 Å². The van der Waals surface area contributed by atoms with Crippen molar-refractivity contribution < 1.29 is 9.90 Å². The maximum atomic E-state index is 10.9. The average Bonchev–Trinajstić information content (AvgIpc) is 3.00. The summed E-state index contributed by atoms with van der Waals surface area (Å²) in [6, 6.07) is 1.87. The summed E-state index contributed by atoms with van der Waals surface area (Å²) in [5.74, 6) is -0.466. The van der Waals surface area contributed by atoms with E-state index in [4.69, 9.17) is 16.7 Å². The van der Waals surface area contributed by atoms with Gasteiger partial charge in [0.2, 0.25) is 0 Å². The molecule has 1 aromatic rings. The first-order valence-corrected chi connectivity index (χ1v) is 5.09. The molecular weight excluding hydrogens is 216 g/mol. The van der Waals surface area contributed by atoms with Crippen LogP contribution in [0.2, 0.25) is 5.02 Å². The monoisotopic (exact) mass is 226 g/mol. The maximum Gasteiger partial charge on any atom is 0.337 e. The Morgan fingerprint density at radius 1 is 1.67 bits per heavy atom. The fraction of sp³-hybridized carbons (Fsp3) is 0.400. The molecule has 0 aliphatic heterocycles. The molecule has 0 saturated heterocycles. The van der Waals surface area contributed by atoms with Crippen molar-refractivity contribution in [3.63, 3.8) is 0 Å². The zero-order valence-corrected chi connectivity index (χ0v) is 9.03. The summed E-state index contributed by atoms with van der Waals surface area (Å²) in [6.45, 7) is 0. The van der Waals surface area contributed by atoms with Crippen molar-refractivity contribution in [1.29, 1.82) is 0 Å². The van der Waals surface area contributed by atoms with Crippen LogP contribution in [0, 0.1) is 0 Å². The molecule has 15 heavy (non-hydrogen) atoms. The van der Waals surface area contributed by atoms with Gasteiger partial charge in [0.1, 0.15) is 5.82 Å². The highest BCUT2D eigenvalue weighted by molar-refractivity contribution is 6.35. The summed E-state index contributed by atoms with van der Waals surface area (Å²) in [7, 11) is 1.89. The Balaban J connectivity index is 2.38. The minimum absolute atomic E-state index is 0.106. The second-order valence-electron chi connectivity index (χ2n) is 3.64. The predicted octanol–water partition coefficient (Wildman–Crippen LogP) is 2.03. The molecule has 0 atom stereocenters. The quantitative estimate of drug-likeness (QED) is 0.857. The van der Waals surface area contributed by atoms with Crippen molar-refractivity contribution in [2.75, 3.05) is 11.9 Å². The second kappa shape index (κ2) is 3.70. The Labute approximate surface area is 92.5 Å². The number of carboxylic acids is 1. The van der Waals surface area contributed by atoms with Gasteiger partial charge in [-0.2, -0.15) is 0 Å². The summed E-state index contributed by atoms with van der Waals surface area (Å²) >= 11 is 5.99. The SMILES string of the molecule is CN(c1nccc(C(=O)O)c1Cl)C1CC1. The molecule has 1 aromatic heterocycles. The number of pyridine rings is 1. The van der Waals surface area contributed by atoms with E-state index in [1.807, 2.05) is 11.9 Å². The minimum atomic E-state index is -1.02. The van der Waals surface area contributed by atoms with Crippen molar-refractivity contribution >= 4 is 23.4 Å². The second-order valence-corrected chi connectivity index (χ2v) is 4.02. The zero-order chi connectivity index (χ0) is 11.0. The van der Waals surface area contributed by atoms with Gasteiger partial charge in [0.15, 0.2) is 0 Å². The summed E-state index contributed by atoms with van der Waals surface area (Å²) in [4.78, 5) is 16.9. The van der Waals surface area contributed by atoms with E-state index < -0.39 is 5.97 Å². The van der Waals surface area contributed by atoms with Crippen LogP contribution in [0.1, 0.15) is 23.2 Å². The van der Waals surface area contributed by atoms with Gasteiger partial charge < -0.3 is 10.0 Å². The fourth-order valence-corrected chi connectivity index (χ4v) is 1.80. The van der Waals surface area contributed by atoms with Gasteiger partial charge in [0.25, 0.3) is 0 Å². The topological polar surface area (TPSA) is 53.4 Å². The highest BCUT2D eigenvalue weighted by atomic mass is 35.5. The molecule has 0 radical (unpaired) electrons. The van der Waals surface area contributed by atoms with Gasteiger partial charge in [0, 0.05) is 19.3 Å². The Morgan fingerprint density at radius 3 is 2.87 bits per heavy atom. The van der Waals surface area contributed by atoms with E-state index in [1.165, 1.54) is 12.3 Å². The van der Waals surface area contributed by atoms with Crippen LogP contribution in [0.25, 0.3) is 0 Å². The van der Waals surface area contributed by atoms with Gasteiger partial charge in [-0.3, -0.25) is 0 Å². The van der Waals surface area contributed by atoms with Crippen molar-refractivity contribution in [1.82, 2.24) is 4.98 Å². The number of aromatic carboxylic acids is 1. The van der Waals surface area contributed by atoms with Gasteiger partial charge in [0.05, 0.1) is 10.6 Å². The van der Waals surface area contributed by atoms with E-state index in [2.05, 4.69) is 4.98 Å². The van der Waals surface area contributed by atoms with Crippen LogP contribution >= 0.6 is 11.6 Å². The third kappa shape index (κ3) is 1.90. The smallest absolute Gasteiger partial charge is 0.337 e. The van der Waals surface area contributed by atoms with Crippen molar-refractivity contribution in [2.24, 2.45) is 0 Å². The Hall–Kier alpha value is -1.29. The van der Waals surface area contributed by atoms with Crippen molar-refractivity contribution in [2.45, 2.75) is 18.9 Å². The van der Waals surface area contributed by atoms with Gasteiger partial charge in [-0.15, -0.1) is 0 Å². The van der Waals surface area contributed by atoms with E-state index in [0.29, 0.717) is 11.9 Å². The standard InChI is InChI=1S/C10H11ClN2O2/c1-13(6-2-3-6)9-8(11)7(10(14)15)4-5-12-9/h4-6H,2-3H2,1H3,(H,14,15). The van der Waals surface area contributed by atoms with Crippen molar-refractivity contribution in [3.05, 3.63) is 22.8 Å². The molecule has 0 aromatic carbocycles. The first-order valence-electron chi connectivity index (χ1n) is 4.72. The Kier molecular flexibility index (Phi) is 2.52. The summed E-state index contributed by atoms with van der Waals surface area (Å²) in [5, 5.41) is 9.12. The first-order chi connectivity index (χ1) is 7.11. The number of nitrogens with zero attached hydrogens (tertiary/aromatic N) is 2. The van der Waals surface area contributed by atoms with Crippen LogP contribution in [0.3, 0.4) is 0 Å². The molecular formula is C10H11ClN2O2. The number of aromatic nitrogens is 1. The average molecular weight is 227 g/mol. The largest absolute Gasteiger partial charge is 0.478 e. The molecule has 0 bridgehead atoms. The minimum Gasteiger partial charge on any atom is -0.478 e. The summed E-state index contributed by atoms with van der Waals surface area (Å²) < 4.78 is 0. The number of hydrogen-bond donors (Lipinski definition) is 1. The number of halogens is 1. The van der Waals surface area contributed by atoms with E-state index in [1.54, 1.807) is 0 Å². The third-order valence-corrected chi connectivity index (χ3v) is 2.90. The molecule has 0 unspecified atom stereocenters. The molecule has 2 rings (SSSR count). The molecule has 1 aliphatic carbocycles. The zero-order valence-electron chi connectivity index (χ0n) is 8.27. The van der Waals surface area contributed by atoms with Gasteiger partial charge in [-0.05, 0) is 18.9 Å². The first kappa shape index (κ1) is 10.2. The predicted molar refractivity (Wildman–Crippen MR) is 57.6 cm³/mol. The van der Waals surface area contributed by atoms with Crippen LogP contribution in [-0.4, -0.2) is 29.1 Å². The maximum absolute atomic E-state index is 10.9. The van der Waals surface area contributed by atoms with Gasteiger partial charge in [-0.25, -0.2) is 9.78 Å². The van der Waals surface area contributed by atoms with Crippen LogP contribution in [0.4, 0.5) is 5.82 Å². The molecule has 1 saturated carbocycles. The molecule has 4 nitrogen and oxygen atoms in total.